The van der Waals surface area contributed by atoms with E-state index < -0.39 is 18.5 Å². The summed E-state index contributed by atoms with van der Waals surface area (Å²) in [5.74, 6) is -0.671. The Morgan fingerprint density at radius 2 is 1.69 bits per heavy atom. The van der Waals surface area contributed by atoms with Gasteiger partial charge in [-0.05, 0) is 55.7 Å². The summed E-state index contributed by atoms with van der Waals surface area (Å²) in [4.78, 5) is 37.0. The van der Waals surface area contributed by atoms with Crippen LogP contribution in [-0.4, -0.2) is 35.9 Å². The Morgan fingerprint density at radius 1 is 1.00 bits per heavy atom. The van der Waals surface area contributed by atoms with Gasteiger partial charge in [0.25, 0.3) is 0 Å². The van der Waals surface area contributed by atoms with Gasteiger partial charge >= 0.3 is 5.97 Å². The van der Waals surface area contributed by atoms with Crippen LogP contribution in [0.3, 0.4) is 0 Å². The van der Waals surface area contributed by atoms with Crippen molar-refractivity contribution in [3.8, 4) is 5.75 Å². The third kappa shape index (κ3) is 6.93. The zero-order chi connectivity index (χ0) is 25.4. The average Bonchev–Trinajstić information content (AvgIpc) is 3.14. The van der Waals surface area contributed by atoms with Crippen LogP contribution in [0.5, 0.6) is 5.75 Å². The minimum atomic E-state index is -0.772. The molecule has 2 aromatic carbocycles. The minimum Gasteiger partial charge on any atom is -0.497 e. The van der Waals surface area contributed by atoms with Gasteiger partial charge in [-0.15, -0.1) is 0 Å². The van der Waals surface area contributed by atoms with Crippen LogP contribution in [0.25, 0.3) is 6.08 Å². The molecule has 0 saturated heterocycles. The molecule has 3 aromatic rings. The van der Waals surface area contributed by atoms with Gasteiger partial charge in [0.05, 0.1) is 7.11 Å². The van der Waals surface area contributed by atoms with Gasteiger partial charge in [-0.25, -0.2) is 4.79 Å². The maximum absolute atomic E-state index is 12.9. The number of nitrogens with zero attached hydrogens (tertiary/aromatic N) is 1. The molecule has 7 nitrogen and oxygen atoms in total. The van der Waals surface area contributed by atoms with E-state index in [1.165, 1.54) is 13.0 Å². The van der Waals surface area contributed by atoms with Crippen LogP contribution in [0.15, 0.2) is 66.4 Å². The van der Waals surface area contributed by atoms with Crippen molar-refractivity contribution in [2.45, 2.75) is 33.7 Å². The van der Waals surface area contributed by atoms with Crippen LogP contribution in [0.2, 0.25) is 0 Å². The maximum atomic E-state index is 12.9. The molecular weight excluding hydrogens is 444 g/mol. The smallest absolute Gasteiger partial charge is 0.355 e. The largest absolute Gasteiger partial charge is 0.497 e. The molecule has 0 aliphatic carbocycles. The van der Waals surface area contributed by atoms with Crippen molar-refractivity contribution in [1.29, 1.82) is 0 Å². The number of ketones is 1. The maximum Gasteiger partial charge on any atom is 0.355 e. The van der Waals surface area contributed by atoms with Gasteiger partial charge < -0.3 is 19.4 Å². The molecule has 0 aliphatic heterocycles. The summed E-state index contributed by atoms with van der Waals surface area (Å²) < 4.78 is 12.5. The van der Waals surface area contributed by atoms with Crippen LogP contribution in [-0.2, 0) is 27.3 Å². The van der Waals surface area contributed by atoms with Gasteiger partial charge in [0, 0.05) is 30.4 Å². The van der Waals surface area contributed by atoms with Gasteiger partial charge in [0.2, 0.25) is 11.7 Å². The van der Waals surface area contributed by atoms with E-state index in [2.05, 4.69) is 9.88 Å². The Kier molecular flexibility index (Phi) is 8.62. The molecule has 1 amide bonds. The predicted molar refractivity (Wildman–Crippen MR) is 134 cm³/mol. The second-order valence-corrected chi connectivity index (χ2v) is 8.18. The highest BCUT2D eigenvalue weighted by Crippen LogP contribution is 2.18. The summed E-state index contributed by atoms with van der Waals surface area (Å²) in [5.41, 5.74) is 4.14. The van der Waals surface area contributed by atoms with Crippen molar-refractivity contribution in [2.75, 3.05) is 13.7 Å². The van der Waals surface area contributed by atoms with Gasteiger partial charge in [0.15, 0.2) is 6.61 Å². The number of ether oxygens (including phenoxy) is 2. The monoisotopic (exact) mass is 474 g/mol. The van der Waals surface area contributed by atoms with Crippen LogP contribution in [0.1, 0.15) is 39.8 Å². The topological polar surface area (TPSA) is 86.6 Å². The van der Waals surface area contributed by atoms with Crippen molar-refractivity contribution in [2.24, 2.45) is 0 Å². The Labute approximate surface area is 205 Å². The Bertz CT molecular complexity index is 1220. The fourth-order valence-corrected chi connectivity index (χ4v) is 3.80. The molecule has 35 heavy (non-hydrogen) atoms. The summed E-state index contributed by atoms with van der Waals surface area (Å²) in [6.07, 6.45) is 2.31. The van der Waals surface area contributed by atoms with Crippen LogP contribution >= 0.6 is 0 Å². The highest BCUT2D eigenvalue weighted by atomic mass is 16.5. The van der Waals surface area contributed by atoms with Gasteiger partial charge in [0.1, 0.15) is 11.4 Å². The van der Waals surface area contributed by atoms with Gasteiger partial charge in [-0.3, -0.25) is 9.59 Å². The quantitative estimate of drug-likeness (QED) is 0.270. The fourth-order valence-electron chi connectivity index (χ4n) is 3.80. The summed E-state index contributed by atoms with van der Waals surface area (Å²) in [6.45, 7) is 5.42. The number of rotatable bonds is 10. The third-order valence-electron chi connectivity index (χ3n) is 5.63. The number of aromatic nitrogens is 1. The molecule has 1 N–H and O–H groups in total. The highest BCUT2D eigenvalue weighted by molar-refractivity contribution is 6.02. The van der Waals surface area contributed by atoms with E-state index >= 15 is 0 Å². The van der Waals surface area contributed by atoms with Crippen LogP contribution in [0, 0.1) is 13.8 Å². The van der Waals surface area contributed by atoms with Crippen molar-refractivity contribution in [3.05, 3.63) is 94.4 Å². The lowest BCUT2D eigenvalue weighted by Crippen LogP contribution is -2.27. The molecule has 0 atom stereocenters. The first-order valence-corrected chi connectivity index (χ1v) is 11.3. The number of Topliss-reactive ketones (excluding diaryl/α,β-unsaturated/α-hetero) is 1. The number of methoxy groups -OCH3 is 1. The number of amides is 1. The summed E-state index contributed by atoms with van der Waals surface area (Å²) in [7, 11) is 1.64. The van der Waals surface area contributed by atoms with Crippen LogP contribution in [0.4, 0.5) is 0 Å². The first-order chi connectivity index (χ1) is 16.8. The Balaban J connectivity index is 1.66. The third-order valence-corrected chi connectivity index (χ3v) is 5.63. The SMILES string of the molecule is COc1ccc(CCn2c(C)cc(C(=O)COC(=O)/C(=C\c3ccccc3)NC(C)=O)c2C)cc1. The molecule has 1 heterocycles. The molecule has 3 rings (SSSR count). The fraction of sp³-hybridized carbons (Fsp3) is 0.250. The Morgan fingerprint density at radius 3 is 2.31 bits per heavy atom. The number of aryl methyl sites for hydroxylation is 2. The highest BCUT2D eigenvalue weighted by Gasteiger charge is 2.19. The first-order valence-electron chi connectivity index (χ1n) is 11.3. The van der Waals surface area contributed by atoms with Gasteiger partial charge in [-0.1, -0.05) is 42.5 Å². The zero-order valence-electron chi connectivity index (χ0n) is 20.5. The lowest BCUT2D eigenvalue weighted by molar-refractivity contribution is -0.139. The normalized spacial score (nSPS) is 11.1. The molecule has 0 aliphatic rings. The summed E-state index contributed by atoms with van der Waals surface area (Å²) in [6, 6.07) is 18.8. The lowest BCUT2D eigenvalue weighted by Gasteiger charge is -2.11. The molecular formula is C28H30N2O5. The molecule has 182 valence electrons. The molecule has 7 heteroatoms. The number of hydrogen-bond acceptors (Lipinski definition) is 5. The lowest BCUT2D eigenvalue weighted by atomic mass is 10.1. The molecule has 0 radical (unpaired) electrons. The van der Waals surface area contributed by atoms with E-state index in [-0.39, 0.29) is 11.5 Å². The second kappa shape index (κ2) is 11.8. The number of esters is 1. The Hall–Kier alpha value is -4.13. The zero-order valence-corrected chi connectivity index (χ0v) is 20.5. The summed E-state index contributed by atoms with van der Waals surface area (Å²) >= 11 is 0. The average molecular weight is 475 g/mol. The number of nitrogens with one attached hydrogen (secondary N) is 1. The van der Waals surface area contributed by atoms with Crippen molar-refractivity contribution >= 4 is 23.7 Å². The molecule has 0 unspecified atom stereocenters. The van der Waals surface area contributed by atoms with Crippen molar-refractivity contribution in [3.63, 3.8) is 0 Å². The van der Waals surface area contributed by atoms with Gasteiger partial charge in [-0.2, -0.15) is 0 Å². The standard InChI is InChI=1S/C28H30N2O5/c1-19-16-25(20(2)30(19)15-14-22-10-12-24(34-4)13-11-22)27(32)18-35-28(33)26(29-21(3)31)17-23-8-6-5-7-9-23/h5-13,16-17H,14-15,18H2,1-4H3,(H,29,31)/b26-17+. The van der Waals surface area contributed by atoms with Crippen molar-refractivity contribution in [1.82, 2.24) is 9.88 Å². The second-order valence-electron chi connectivity index (χ2n) is 8.18. The predicted octanol–water partition coefficient (Wildman–Crippen LogP) is 4.26. The van der Waals surface area contributed by atoms with Crippen LogP contribution < -0.4 is 10.1 Å². The van der Waals surface area contributed by atoms with E-state index in [4.69, 9.17) is 9.47 Å². The van der Waals surface area contributed by atoms with Crippen molar-refractivity contribution < 1.29 is 23.9 Å². The molecule has 0 saturated carbocycles. The molecule has 0 bridgehead atoms. The molecule has 0 fully saturated rings. The number of carbonyl (C=O) groups is 3. The number of hydrogen-bond donors (Lipinski definition) is 1. The van der Waals surface area contributed by atoms with E-state index in [0.29, 0.717) is 12.1 Å². The van der Waals surface area contributed by atoms with E-state index in [9.17, 15) is 14.4 Å². The first kappa shape index (κ1) is 25.5. The minimum absolute atomic E-state index is 0.0264. The van der Waals surface area contributed by atoms with E-state index in [0.717, 1.165) is 34.7 Å². The molecule has 0 spiro atoms. The van der Waals surface area contributed by atoms with E-state index in [1.807, 2.05) is 62.4 Å². The van der Waals surface area contributed by atoms with E-state index in [1.54, 1.807) is 19.2 Å². The molecule has 1 aromatic heterocycles. The number of carbonyl (C=O) groups excluding carboxylic acids is 3. The summed E-state index contributed by atoms with van der Waals surface area (Å²) in [5, 5.41) is 2.48. The number of benzene rings is 2.